The van der Waals surface area contributed by atoms with Crippen LogP contribution in [0.5, 0.6) is 0 Å². The van der Waals surface area contributed by atoms with Crippen LogP contribution in [0.4, 0.5) is 13.2 Å². The lowest BCUT2D eigenvalue weighted by Crippen LogP contribution is -2.19. The maximum atomic E-state index is 12.6. The molecule has 2 aromatic rings. The van der Waals surface area contributed by atoms with Crippen molar-refractivity contribution in [3.05, 3.63) is 59.7 Å². The summed E-state index contributed by atoms with van der Waals surface area (Å²) in [4.78, 5) is 0. The summed E-state index contributed by atoms with van der Waals surface area (Å²) in [5.41, 5.74) is 1.62. The highest BCUT2D eigenvalue weighted by atomic mass is 32.2. The van der Waals surface area contributed by atoms with Gasteiger partial charge in [-0.1, -0.05) is 36.4 Å². The summed E-state index contributed by atoms with van der Waals surface area (Å²) in [6.07, 6.45) is -2.79. The number of nitrogens with zero attached hydrogens (tertiary/aromatic N) is 1. The van der Waals surface area contributed by atoms with Crippen LogP contribution in [-0.2, 0) is 17.2 Å². The van der Waals surface area contributed by atoms with E-state index in [-0.39, 0.29) is 0 Å². The van der Waals surface area contributed by atoms with E-state index in [0.717, 1.165) is 23.3 Å². The number of rotatable bonds is 3. The molecule has 6 heteroatoms. The SMILES string of the molecule is CC(C)(C)[S@](=O)N=Cc1ccc(-c2ccc(C(F)(F)F)cc2)cc1. The average molecular weight is 353 g/mol. The summed E-state index contributed by atoms with van der Waals surface area (Å²) in [6, 6.07) is 12.2. The van der Waals surface area contributed by atoms with E-state index in [9.17, 15) is 17.4 Å². The summed E-state index contributed by atoms with van der Waals surface area (Å²) >= 11 is 0. The molecule has 0 aliphatic carbocycles. The lowest BCUT2D eigenvalue weighted by molar-refractivity contribution is -0.137. The lowest BCUT2D eigenvalue weighted by atomic mass is 10.0. The first-order valence-electron chi connectivity index (χ1n) is 7.31. The van der Waals surface area contributed by atoms with E-state index < -0.39 is 27.5 Å². The Labute approximate surface area is 142 Å². The molecule has 0 aliphatic rings. The van der Waals surface area contributed by atoms with Gasteiger partial charge >= 0.3 is 6.18 Å². The third-order valence-electron chi connectivity index (χ3n) is 3.28. The van der Waals surface area contributed by atoms with Gasteiger partial charge in [0.2, 0.25) is 0 Å². The first-order valence-corrected chi connectivity index (χ1v) is 8.42. The molecule has 2 nitrogen and oxygen atoms in total. The second-order valence-electron chi connectivity index (χ2n) is 6.29. The van der Waals surface area contributed by atoms with Crippen LogP contribution in [0.3, 0.4) is 0 Å². The molecule has 0 aromatic heterocycles. The Bertz CT molecular complexity index is 742. The molecule has 0 fully saturated rings. The molecule has 0 unspecified atom stereocenters. The van der Waals surface area contributed by atoms with Crippen LogP contribution < -0.4 is 0 Å². The normalized spacial score (nSPS) is 14.1. The molecule has 0 radical (unpaired) electrons. The topological polar surface area (TPSA) is 29.4 Å². The highest BCUT2D eigenvalue weighted by molar-refractivity contribution is 7.85. The molecule has 0 spiro atoms. The molecule has 0 amide bonds. The summed E-state index contributed by atoms with van der Waals surface area (Å²) in [5.74, 6) is 0. The third-order valence-corrected chi connectivity index (χ3v) is 4.62. The molecule has 0 bridgehead atoms. The summed E-state index contributed by atoms with van der Waals surface area (Å²) < 4.78 is 53.2. The van der Waals surface area contributed by atoms with Gasteiger partial charge in [-0.15, -0.1) is 0 Å². The highest BCUT2D eigenvalue weighted by Crippen LogP contribution is 2.31. The van der Waals surface area contributed by atoms with Crippen molar-refractivity contribution >= 4 is 17.2 Å². The van der Waals surface area contributed by atoms with E-state index in [2.05, 4.69) is 4.40 Å². The Hall–Kier alpha value is -1.95. The maximum absolute atomic E-state index is 12.6. The van der Waals surface area contributed by atoms with E-state index in [1.54, 1.807) is 24.3 Å². The summed E-state index contributed by atoms with van der Waals surface area (Å²) in [5, 5.41) is 0. The van der Waals surface area contributed by atoms with Crippen LogP contribution in [0.15, 0.2) is 52.9 Å². The van der Waals surface area contributed by atoms with Crippen LogP contribution in [0.1, 0.15) is 31.9 Å². The zero-order valence-electron chi connectivity index (χ0n) is 13.6. The van der Waals surface area contributed by atoms with E-state index in [4.69, 9.17) is 0 Å². The Balaban J connectivity index is 2.15. The van der Waals surface area contributed by atoms with Gasteiger partial charge in [-0.2, -0.15) is 17.6 Å². The Morgan fingerprint density at radius 2 is 1.33 bits per heavy atom. The number of hydrogen-bond donors (Lipinski definition) is 0. The molecule has 0 saturated carbocycles. The predicted molar refractivity (Wildman–Crippen MR) is 92.4 cm³/mol. The minimum absolute atomic E-state index is 0.420. The summed E-state index contributed by atoms with van der Waals surface area (Å²) in [7, 11) is -1.33. The van der Waals surface area contributed by atoms with Gasteiger partial charge < -0.3 is 0 Å². The minimum Gasteiger partial charge on any atom is -0.234 e. The van der Waals surface area contributed by atoms with Gasteiger partial charge in [0.05, 0.1) is 10.3 Å². The molecule has 2 rings (SSSR count). The fraction of sp³-hybridized carbons (Fsp3) is 0.278. The van der Waals surface area contributed by atoms with Crippen LogP contribution in [-0.4, -0.2) is 15.2 Å². The van der Waals surface area contributed by atoms with Gasteiger partial charge in [0.25, 0.3) is 0 Å². The quantitative estimate of drug-likeness (QED) is 0.693. The van der Waals surface area contributed by atoms with Crippen molar-refractivity contribution in [2.75, 3.05) is 0 Å². The van der Waals surface area contributed by atoms with Crippen molar-refractivity contribution in [2.45, 2.75) is 31.7 Å². The molecule has 0 heterocycles. The second kappa shape index (κ2) is 6.89. The van der Waals surface area contributed by atoms with Crippen LogP contribution >= 0.6 is 0 Å². The number of alkyl halides is 3. The molecule has 2 aromatic carbocycles. The van der Waals surface area contributed by atoms with E-state index in [1.165, 1.54) is 18.3 Å². The zero-order chi connectivity index (χ0) is 18.0. The van der Waals surface area contributed by atoms with Crippen molar-refractivity contribution in [1.82, 2.24) is 0 Å². The van der Waals surface area contributed by atoms with E-state index in [0.29, 0.717) is 5.56 Å². The van der Waals surface area contributed by atoms with Crippen LogP contribution in [0.2, 0.25) is 0 Å². The minimum atomic E-state index is -4.33. The van der Waals surface area contributed by atoms with E-state index in [1.807, 2.05) is 20.8 Å². The monoisotopic (exact) mass is 353 g/mol. The fourth-order valence-corrected chi connectivity index (χ4v) is 2.41. The van der Waals surface area contributed by atoms with Gasteiger partial charge in [0.1, 0.15) is 11.0 Å². The average Bonchev–Trinajstić information content (AvgIpc) is 2.51. The van der Waals surface area contributed by atoms with Crippen molar-refractivity contribution in [3.63, 3.8) is 0 Å². The third kappa shape index (κ3) is 4.77. The largest absolute Gasteiger partial charge is 0.416 e. The molecule has 128 valence electrons. The molecular formula is C18H18F3NOS. The molecule has 0 aliphatic heterocycles. The predicted octanol–water partition coefficient (Wildman–Crippen LogP) is 5.25. The number of halogens is 3. The number of hydrogen-bond acceptors (Lipinski definition) is 1. The first kappa shape index (κ1) is 18.4. The zero-order valence-corrected chi connectivity index (χ0v) is 14.4. The highest BCUT2D eigenvalue weighted by Gasteiger charge is 2.29. The fourth-order valence-electron chi connectivity index (χ4n) is 1.88. The van der Waals surface area contributed by atoms with Gasteiger partial charge in [-0.3, -0.25) is 0 Å². The molecule has 1 atom stereocenters. The maximum Gasteiger partial charge on any atom is 0.416 e. The Kier molecular flexibility index (Phi) is 5.28. The van der Waals surface area contributed by atoms with Crippen molar-refractivity contribution in [1.29, 1.82) is 0 Å². The second-order valence-corrected chi connectivity index (χ2v) is 8.23. The number of benzene rings is 2. The van der Waals surface area contributed by atoms with Gasteiger partial charge in [-0.25, -0.2) is 4.21 Å². The molecule has 24 heavy (non-hydrogen) atoms. The van der Waals surface area contributed by atoms with Crippen molar-refractivity contribution in [3.8, 4) is 11.1 Å². The van der Waals surface area contributed by atoms with Gasteiger partial charge in [-0.05, 0) is 49.6 Å². The summed E-state index contributed by atoms with van der Waals surface area (Å²) in [6.45, 7) is 5.52. The molecule has 0 saturated heterocycles. The van der Waals surface area contributed by atoms with Crippen LogP contribution in [0, 0.1) is 0 Å². The van der Waals surface area contributed by atoms with Crippen LogP contribution in [0.25, 0.3) is 11.1 Å². The Morgan fingerprint density at radius 1 is 0.875 bits per heavy atom. The Morgan fingerprint density at radius 3 is 1.75 bits per heavy atom. The van der Waals surface area contributed by atoms with Crippen molar-refractivity contribution < 1.29 is 17.4 Å². The van der Waals surface area contributed by atoms with E-state index >= 15 is 0 Å². The van der Waals surface area contributed by atoms with Gasteiger partial charge in [0.15, 0.2) is 0 Å². The lowest BCUT2D eigenvalue weighted by Gasteiger charge is -2.12. The molecule has 0 N–H and O–H groups in total. The standard InChI is InChI=1S/C18H18F3NOS/c1-17(2,3)24(23)22-12-13-4-6-14(7-5-13)15-8-10-16(11-9-15)18(19,20)21/h4-12H,1-3H3/t24-/m0/s1. The molecular weight excluding hydrogens is 335 g/mol. The smallest absolute Gasteiger partial charge is 0.234 e. The first-order chi connectivity index (χ1) is 11.1. The van der Waals surface area contributed by atoms with Crippen molar-refractivity contribution in [2.24, 2.45) is 4.40 Å². The van der Waals surface area contributed by atoms with Gasteiger partial charge in [0, 0.05) is 6.21 Å².